The molecule has 4 nitrogen and oxygen atoms in total. The molecule has 0 aliphatic heterocycles. The first-order valence-electron chi connectivity index (χ1n) is 6.19. The van der Waals surface area contributed by atoms with Gasteiger partial charge in [0.15, 0.2) is 0 Å². The lowest BCUT2D eigenvalue weighted by atomic mass is 10.4. The molecule has 21 heavy (non-hydrogen) atoms. The van der Waals surface area contributed by atoms with E-state index in [0.717, 1.165) is 21.6 Å². The first-order chi connectivity index (χ1) is 9.84. The van der Waals surface area contributed by atoms with E-state index in [1.54, 1.807) is 36.6 Å². The highest BCUT2D eigenvalue weighted by atomic mass is 79.9. The maximum Gasteiger partial charge on any atom is 0.244 e. The average molecular weight is 454 g/mol. The number of aromatic nitrogens is 1. The Morgan fingerprint density at radius 3 is 2.62 bits per heavy atom. The molecule has 2 aromatic rings. The van der Waals surface area contributed by atoms with Gasteiger partial charge in [0.05, 0.1) is 22.1 Å². The molecule has 0 unspecified atom stereocenters. The molecule has 0 aliphatic carbocycles. The highest BCUT2D eigenvalue weighted by Gasteiger charge is 2.24. The highest BCUT2D eigenvalue weighted by molar-refractivity contribution is 9.11. The Morgan fingerprint density at radius 2 is 2.05 bits per heavy atom. The second-order valence-corrected chi connectivity index (χ2v) is 9.15. The van der Waals surface area contributed by atoms with Crippen molar-refractivity contribution >= 4 is 53.2 Å². The average Bonchev–Trinajstić information content (AvgIpc) is 2.85. The van der Waals surface area contributed by atoms with Gasteiger partial charge in [0.2, 0.25) is 10.0 Å². The monoisotopic (exact) mass is 452 g/mol. The third-order valence-electron chi connectivity index (χ3n) is 2.87. The van der Waals surface area contributed by atoms with Gasteiger partial charge in [0.1, 0.15) is 0 Å². The van der Waals surface area contributed by atoms with Crippen LogP contribution >= 0.6 is 43.2 Å². The molecule has 0 saturated carbocycles. The number of hydrogen-bond acceptors (Lipinski definition) is 4. The van der Waals surface area contributed by atoms with Crippen molar-refractivity contribution in [2.75, 3.05) is 7.05 Å². The zero-order valence-electron chi connectivity index (χ0n) is 11.5. The summed E-state index contributed by atoms with van der Waals surface area (Å²) >= 11 is 8.18. The topological polar surface area (TPSA) is 50.3 Å². The van der Waals surface area contributed by atoms with Crippen LogP contribution in [0.4, 0.5) is 0 Å². The molecule has 1 aromatic heterocycles. The van der Waals surface area contributed by atoms with Crippen molar-refractivity contribution in [3.05, 3.63) is 43.2 Å². The van der Waals surface area contributed by atoms with Gasteiger partial charge < -0.3 is 0 Å². The predicted molar refractivity (Wildman–Crippen MR) is 92.0 cm³/mol. The van der Waals surface area contributed by atoms with Gasteiger partial charge in [0.25, 0.3) is 0 Å². The number of nitrogens with zero attached hydrogens (tertiary/aromatic N) is 2. The molecule has 0 amide bonds. The van der Waals surface area contributed by atoms with Gasteiger partial charge in [0, 0.05) is 21.4 Å². The minimum absolute atomic E-state index is 0.249. The number of halogens is 2. The predicted octanol–water partition coefficient (Wildman–Crippen LogP) is 4.05. The number of rotatable bonds is 5. The Kier molecular flexibility index (Phi) is 5.59. The van der Waals surface area contributed by atoms with Crippen molar-refractivity contribution in [1.82, 2.24) is 9.29 Å². The lowest BCUT2D eigenvalue weighted by molar-refractivity contribution is 0.462. The van der Waals surface area contributed by atoms with Crippen molar-refractivity contribution in [3.8, 4) is 0 Å². The molecule has 2 rings (SSSR count). The summed E-state index contributed by atoms with van der Waals surface area (Å²) in [6, 6.07) is 5.01. The van der Waals surface area contributed by atoms with Crippen LogP contribution < -0.4 is 0 Å². The zero-order valence-corrected chi connectivity index (χ0v) is 16.3. The molecule has 0 radical (unpaired) electrons. The molecule has 0 fully saturated rings. The molecule has 0 bridgehead atoms. The molecule has 0 atom stereocenters. The van der Waals surface area contributed by atoms with E-state index in [9.17, 15) is 8.42 Å². The van der Waals surface area contributed by atoms with Crippen LogP contribution in [0, 0.1) is 0 Å². The van der Waals surface area contributed by atoms with Crippen LogP contribution in [0.15, 0.2) is 37.4 Å². The molecular formula is C13H14Br2N2O2S2. The first kappa shape index (κ1) is 17.1. The SMILES string of the molecule is CCc1nc(CN(C)S(=O)(=O)c2ccc(Br)cc2Br)cs1. The van der Waals surface area contributed by atoms with Crippen LogP contribution in [-0.4, -0.2) is 24.8 Å². The van der Waals surface area contributed by atoms with E-state index >= 15 is 0 Å². The minimum Gasteiger partial charge on any atom is -0.245 e. The fraction of sp³-hybridized carbons (Fsp3) is 0.308. The molecule has 1 heterocycles. The molecule has 0 spiro atoms. The third kappa shape index (κ3) is 3.92. The van der Waals surface area contributed by atoms with Gasteiger partial charge in [-0.25, -0.2) is 13.4 Å². The van der Waals surface area contributed by atoms with E-state index in [4.69, 9.17) is 0 Å². The minimum atomic E-state index is -3.55. The smallest absolute Gasteiger partial charge is 0.244 e. The number of hydrogen-bond donors (Lipinski definition) is 0. The molecule has 1 aromatic carbocycles. The molecule has 8 heteroatoms. The molecule has 0 aliphatic rings. The molecular weight excluding hydrogens is 440 g/mol. The lowest BCUT2D eigenvalue weighted by Crippen LogP contribution is -2.27. The number of benzene rings is 1. The fourth-order valence-electron chi connectivity index (χ4n) is 1.75. The van der Waals surface area contributed by atoms with Crippen molar-refractivity contribution in [2.45, 2.75) is 24.8 Å². The summed E-state index contributed by atoms with van der Waals surface area (Å²) in [5, 5.41) is 2.92. The second-order valence-electron chi connectivity index (χ2n) is 4.42. The van der Waals surface area contributed by atoms with Crippen LogP contribution in [-0.2, 0) is 23.0 Å². The van der Waals surface area contributed by atoms with Crippen LogP contribution in [0.1, 0.15) is 17.6 Å². The number of aryl methyl sites for hydroxylation is 1. The zero-order chi connectivity index (χ0) is 15.6. The van der Waals surface area contributed by atoms with E-state index in [2.05, 4.69) is 36.8 Å². The van der Waals surface area contributed by atoms with Crippen LogP contribution in [0.3, 0.4) is 0 Å². The summed E-state index contributed by atoms with van der Waals surface area (Å²) in [5.41, 5.74) is 0.774. The molecule has 0 saturated heterocycles. The Balaban J connectivity index is 2.25. The Labute approximate surface area is 145 Å². The first-order valence-corrected chi connectivity index (χ1v) is 10.1. The standard InChI is InChI=1S/C13H14Br2N2O2S2/c1-3-13-16-10(8-20-13)7-17(2)21(18,19)12-5-4-9(14)6-11(12)15/h4-6,8H,3,7H2,1-2H3. The van der Waals surface area contributed by atoms with Gasteiger partial charge >= 0.3 is 0 Å². The van der Waals surface area contributed by atoms with Gasteiger partial charge in [-0.1, -0.05) is 22.9 Å². The molecule has 114 valence electrons. The van der Waals surface area contributed by atoms with E-state index in [1.807, 2.05) is 12.3 Å². The van der Waals surface area contributed by atoms with Crippen LogP contribution in [0.2, 0.25) is 0 Å². The second kappa shape index (κ2) is 6.87. The number of sulfonamides is 1. The summed E-state index contributed by atoms with van der Waals surface area (Å²) in [6.45, 7) is 2.29. The van der Waals surface area contributed by atoms with Crippen LogP contribution in [0.25, 0.3) is 0 Å². The van der Waals surface area contributed by atoms with E-state index in [-0.39, 0.29) is 11.4 Å². The van der Waals surface area contributed by atoms with E-state index in [0.29, 0.717) is 4.47 Å². The Bertz CT molecular complexity index is 744. The lowest BCUT2D eigenvalue weighted by Gasteiger charge is -2.17. The summed E-state index contributed by atoms with van der Waals surface area (Å²) in [5.74, 6) is 0. The van der Waals surface area contributed by atoms with Gasteiger partial charge in [-0.2, -0.15) is 4.31 Å². The van der Waals surface area contributed by atoms with Crippen molar-refractivity contribution in [2.24, 2.45) is 0 Å². The van der Waals surface area contributed by atoms with Crippen molar-refractivity contribution < 1.29 is 8.42 Å². The fourth-order valence-corrected chi connectivity index (χ4v) is 5.33. The number of thiazole rings is 1. The maximum absolute atomic E-state index is 12.6. The van der Waals surface area contributed by atoms with Gasteiger partial charge in [-0.3, -0.25) is 0 Å². The highest BCUT2D eigenvalue weighted by Crippen LogP contribution is 2.28. The quantitative estimate of drug-likeness (QED) is 0.685. The summed E-state index contributed by atoms with van der Waals surface area (Å²) < 4.78 is 27.9. The third-order valence-corrected chi connectivity index (χ3v) is 7.18. The summed E-state index contributed by atoms with van der Waals surface area (Å²) in [6.07, 6.45) is 0.861. The largest absolute Gasteiger partial charge is 0.245 e. The van der Waals surface area contributed by atoms with E-state index < -0.39 is 10.0 Å². The van der Waals surface area contributed by atoms with Crippen molar-refractivity contribution in [3.63, 3.8) is 0 Å². The normalized spacial score (nSPS) is 12.0. The summed E-state index contributed by atoms with van der Waals surface area (Å²) in [4.78, 5) is 4.65. The van der Waals surface area contributed by atoms with Gasteiger partial charge in [-0.05, 0) is 40.5 Å². The van der Waals surface area contributed by atoms with Gasteiger partial charge in [-0.15, -0.1) is 11.3 Å². The molecule has 0 N–H and O–H groups in total. The van der Waals surface area contributed by atoms with Crippen molar-refractivity contribution in [1.29, 1.82) is 0 Å². The Hall–Kier alpha value is -0.280. The van der Waals surface area contributed by atoms with Crippen LogP contribution in [0.5, 0.6) is 0 Å². The summed E-state index contributed by atoms with van der Waals surface area (Å²) in [7, 11) is -1.99. The maximum atomic E-state index is 12.6. The van der Waals surface area contributed by atoms with E-state index in [1.165, 1.54) is 4.31 Å². The Morgan fingerprint density at radius 1 is 1.33 bits per heavy atom.